The molecule has 3 rings (SSSR count). The predicted molar refractivity (Wildman–Crippen MR) is 103 cm³/mol. The topological polar surface area (TPSA) is 61.4 Å². The number of pyridine rings is 1. The van der Waals surface area contributed by atoms with Gasteiger partial charge >= 0.3 is 0 Å². The van der Waals surface area contributed by atoms with Gasteiger partial charge in [-0.3, -0.25) is 0 Å². The standard InChI is InChI=1S/C18H20Cl2FN3O2/c1-5-24(17(25)26-18(2,3)4)12-7-9(21)6-10-13-14(20)11(19)8-22-16(13)23-15(10)12/h6-8,17,25H,5H2,1-4H3,(H,22,23). The molecule has 5 nitrogen and oxygen atoms in total. The van der Waals surface area contributed by atoms with Crippen LogP contribution in [0.25, 0.3) is 21.9 Å². The number of aromatic amines is 1. The molecule has 0 fully saturated rings. The molecular weight excluding hydrogens is 380 g/mol. The first-order chi connectivity index (χ1) is 12.1. The van der Waals surface area contributed by atoms with E-state index in [9.17, 15) is 9.50 Å². The lowest BCUT2D eigenvalue weighted by atomic mass is 10.1. The zero-order valence-electron chi connectivity index (χ0n) is 14.9. The van der Waals surface area contributed by atoms with E-state index in [2.05, 4.69) is 9.97 Å². The van der Waals surface area contributed by atoms with Crippen LogP contribution in [-0.4, -0.2) is 33.6 Å². The summed E-state index contributed by atoms with van der Waals surface area (Å²) >= 11 is 12.4. The molecule has 0 bridgehead atoms. The zero-order valence-corrected chi connectivity index (χ0v) is 16.4. The third-order valence-electron chi connectivity index (χ3n) is 3.94. The van der Waals surface area contributed by atoms with E-state index in [-0.39, 0.29) is 5.02 Å². The van der Waals surface area contributed by atoms with Gasteiger partial charge in [-0.1, -0.05) is 23.2 Å². The lowest BCUT2D eigenvalue weighted by molar-refractivity contribution is -0.164. The SMILES string of the molecule is CCN(c1cc(F)cc2c1[nH]c1ncc(Cl)c(Cl)c12)C(O)OC(C)(C)C. The summed E-state index contributed by atoms with van der Waals surface area (Å²) in [5.74, 6) is -0.467. The number of hydrogen-bond donors (Lipinski definition) is 2. The molecule has 0 spiro atoms. The highest BCUT2D eigenvalue weighted by molar-refractivity contribution is 6.46. The Morgan fingerprint density at radius 2 is 2.04 bits per heavy atom. The Morgan fingerprint density at radius 1 is 1.35 bits per heavy atom. The second-order valence-corrected chi connectivity index (χ2v) is 7.74. The van der Waals surface area contributed by atoms with E-state index in [0.29, 0.717) is 39.2 Å². The number of rotatable bonds is 4. The van der Waals surface area contributed by atoms with Crippen LogP contribution in [0.5, 0.6) is 0 Å². The van der Waals surface area contributed by atoms with Crippen molar-refractivity contribution in [1.82, 2.24) is 9.97 Å². The van der Waals surface area contributed by atoms with Crippen LogP contribution in [0.15, 0.2) is 18.3 Å². The maximum absolute atomic E-state index is 14.4. The van der Waals surface area contributed by atoms with E-state index >= 15 is 0 Å². The largest absolute Gasteiger partial charge is 0.351 e. The molecule has 2 N–H and O–H groups in total. The third kappa shape index (κ3) is 3.47. The number of ether oxygens (including phenoxy) is 1. The first-order valence-electron chi connectivity index (χ1n) is 8.20. The molecule has 0 saturated heterocycles. The van der Waals surface area contributed by atoms with Crippen molar-refractivity contribution in [3.8, 4) is 0 Å². The van der Waals surface area contributed by atoms with Crippen LogP contribution >= 0.6 is 23.2 Å². The summed E-state index contributed by atoms with van der Waals surface area (Å²) in [4.78, 5) is 8.93. The number of anilines is 1. The number of nitrogens with one attached hydrogen (secondary N) is 1. The minimum atomic E-state index is -1.25. The number of aromatic nitrogens is 2. The van der Waals surface area contributed by atoms with Gasteiger partial charge in [0.05, 0.1) is 26.9 Å². The molecule has 1 aromatic carbocycles. The van der Waals surface area contributed by atoms with Crippen molar-refractivity contribution in [2.45, 2.75) is 39.7 Å². The second kappa shape index (κ2) is 6.85. The van der Waals surface area contributed by atoms with E-state index in [4.69, 9.17) is 27.9 Å². The fourth-order valence-electron chi connectivity index (χ4n) is 2.90. The number of hydrogen-bond acceptors (Lipinski definition) is 4. The Morgan fingerprint density at radius 3 is 2.65 bits per heavy atom. The van der Waals surface area contributed by atoms with Crippen LogP contribution in [0.2, 0.25) is 10.0 Å². The molecule has 0 aliphatic rings. The van der Waals surface area contributed by atoms with Crippen molar-refractivity contribution in [3.63, 3.8) is 0 Å². The van der Waals surface area contributed by atoms with Crippen molar-refractivity contribution in [1.29, 1.82) is 0 Å². The molecule has 26 heavy (non-hydrogen) atoms. The lowest BCUT2D eigenvalue weighted by Crippen LogP contribution is -2.42. The van der Waals surface area contributed by atoms with Crippen LogP contribution in [0, 0.1) is 5.82 Å². The third-order valence-corrected chi connectivity index (χ3v) is 4.72. The van der Waals surface area contributed by atoms with Crippen LogP contribution < -0.4 is 4.90 Å². The fraction of sp³-hybridized carbons (Fsp3) is 0.389. The number of aliphatic hydroxyl groups is 1. The van der Waals surface area contributed by atoms with Crippen molar-refractivity contribution in [3.05, 3.63) is 34.2 Å². The van der Waals surface area contributed by atoms with Crippen molar-refractivity contribution >= 4 is 50.8 Å². The van der Waals surface area contributed by atoms with Gasteiger partial charge in [0.15, 0.2) is 0 Å². The van der Waals surface area contributed by atoms with E-state index < -0.39 is 17.8 Å². The lowest BCUT2D eigenvalue weighted by Gasteiger charge is -2.33. The van der Waals surface area contributed by atoms with Crippen LogP contribution in [0.1, 0.15) is 27.7 Å². The van der Waals surface area contributed by atoms with Gasteiger partial charge in [-0.2, -0.15) is 0 Å². The second-order valence-electron chi connectivity index (χ2n) is 6.96. The first-order valence-corrected chi connectivity index (χ1v) is 8.95. The van der Waals surface area contributed by atoms with Crippen molar-refractivity contribution in [2.75, 3.05) is 11.4 Å². The molecular formula is C18H20Cl2FN3O2. The van der Waals surface area contributed by atoms with Gasteiger partial charge in [0, 0.05) is 23.5 Å². The molecule has 2 aromatic heterocycles. The quantitative estimate of drug-likeness (QED) is 0.600. The average Bonchev–Trinajstić information content (AvgIpc) is 2.89. The van der Waals surface area contributed by atoms with Gasteiger partial charge in [0.1, 0.15) is 11.5 Å². The highest BCUT2D eigenvalue weighted by Crippen LogP contribution is 2.39. The summed E-state index contributed by atoms with van der Waals surface area (Å²) in [7, 11) is 0. The summed E-state index contributed by atoms with van der Waals surface area (Å²) in [6.45, 7) is 7.74. The molecule has 2 heterocycles. The van der Waals surface area contributed by atoms with Crippen molar-refractivity contribution < 1.29 is 14.2 Å². The monoisotopic (exact) mass is 399 g/mol. The molecule has 3 aromatic rings. The summed E-state index contributed by atoms with van der Waals surface area (Å²) in [5, 5.41) is 12.2. The van der Waals surface area contributed by atoms with Gasteiger partial charge in [-0.15, -0.1) is 0 Å². The minimum Gasteiger partial charge on any atom is -0.351 e. The predicted octanol–water partition coefficient (Wildman–Crippen LogP) is 5.08. The van der Waals surface area contributed by atoms with Gasteiger partial charge in [0.25, 0.3) is 0 Å². The summed E-state index contributed by atoms with van der Waals surface area (Å²) in [6, 6.07) is 2.71. The van der Waals surface area contributed by atoms with Gasteiger partial charge in [-0.05, 0) is 39.8 Å². The molecule has 0 aliphatic carbocycles. The Kier molecular flexibility index (Phi) is 5.05. The summed E-state index contributed by atoms with van der Waals surface area (Å²) in [5.41, 5.74) is 0.961. The number of aliphatic hydroxyl groups excluding tert-OH is 1. The van der Waals surface area contributed by atoms with Gasteiger partial charge in [-0.25, -0.2) is 9.37 Å². The van der Waals surface area contributed by atoms with Crippen LogP contribution in [-0.2, 0) is 4.74 Å². The van der Waals surface area contributed by atoms with E-state index in [0.717, 1.165) is 0 Å². The van der Waals surface area contributed by atoms with Gasteiger partial charge < -0.3 is 19.7 Å². The minimum absolute atomic E-state index is 0.286. The molecule has 0 aliphatic heterocycles. The highest BCUT2D eigenvalue weighted by atomic mass is 35.5. The molecule has 0 amide bonds. The van der Waals surface area contributed by atoms with E-state index in [1.807, 2.05) is 27.7 Å². The molecule has 140 valence electrons. The summed E-state index contributed by atoms with van der Waals surface area (Å²) in [6.07, 6.45) is 0.190. The molecule has 1 unspecified atom stereocenters. The summed E-state index contributed by atoms with van der Waals surface area (Å²) < 4.78 is 20.0. The Bertz CT molecular complexity index is 969. The maximum atomic E-state index is 14.4. The Balaban J connectivity index is 2.24. The van der Waals surface area contributed by atoms with Crippen LogP contribution in [0.4, 0.5) is 10.1 Å². The maximum Gasteiger partial charge on any atom is 0.238 e. The van der Waals surface area contributed by atoms with Gasteiger partial charge in [0.2, 0.25) is 6.41 Å². The number of fused-ring (bicyclic) bond motifs is 3. The fourth-order valence-corrected chi connectivity index (χ4v) is 3.28. The molecule has 8 heteroatoms. The highest BCUT2D eigenvalue weighted by Gasteiger charge is 2.25. The average molecular weight is 400 g/mol. The van der Waals surface area contributed by atoms with Crippen molar-refractivity contribution in [2.24, 2.45) is 0 Å². The molecule has 1 atom stereocenters. The Labute approximate surface area is 160 Å². The number of benzene rings is 1. The van der Waals surface area contributed by atoms with Crippen LogP contribution in [0.3, 0.4) is 0 Å². The Hall–Kier alpha value is -1.60. The van der Waals surface area contributed by atoms with E-state index in [1.165, 1.54) is 18.3 Å². The van der Waals surface area contributed by atoms with E-state index in [1.54, 1.807) is 4.90 Å². The number of nitrogens with zero attached hydrogens (tertiary/aromatic N) is 2. The molecule has 0 saturated carbocycles. The molecule has 0 radical (unpaired) electrons. The normalized spacial score (nSPS) is 13.5. The number of halogens is 3. The number of H-pyrrole nitrogens is 1. The smallest absolute Gasteiger partial charge is 0.238 e. The first kappa shape index (κ1) is 19.2. The zero-order chi connectivity index (χ0) is 19.2.